The van der Waals surface area contributed by atoms with Crippen LogP contribution in [0.3, 0.4) is 0 Å². The number of piperazine rings is 1. The fraction of sp³-hybridized carbons (Fsp3) is 0.625. The summed E-state index contributed by atoms with van der Waals surface area (Å²) in [6.07, 6.45) is 4.90. The van der Waals surface area contributed by atoms with Crippen molar-refractivity contribution in [1.29, 1.82) is 0 Å². The largest absolute Gasteiger partial charge is 0.493 e. The molecule has 1 saturated carbocycles. The van der Waals surface area contributed by atoms with Gasteiger partial charge in [0.25, 0.3) is 0 Å². The molecule has 2 saturated heterocycles. The Morgan fingerprint density at radius 3 is 2.42 bits per heavy atom. The number of amides is 3. The number of hydrogen-bond donors (Lipinski definition) is 0. The Morgan fingerprint density at radius 1 is 1.00 bits per heavy atom. The minimum absolute atomic E-state index is 0.0461. The molecule has 1 aliphatic carbocycles. The molecule has 7 heteroatoms. The van der Waals surface area contributed by atoms with E-state index in [9.17, 15) is 14.4 Å². The molecule has 4 aliphatic rings. The molecule has 3 heterocycles. The van der Waals surface area contributed by atoms with Gasteiger partial charge in [0.05, 0.1) is 18.4 Å². The predicted octanol–water partition coefficient (Wildman–Crippen LogP) is 1.83. The second-order valence-electron chi connectivity index (χ2n) is 9.27. The number of imide groups is 1. The molecule has 3 amide bonds. The first-order valence-corrected chi connectivity index (χ1v) is 11.7. The van der Waals surface area contributed by atoms with Gasteiger partial charge in [-0.1, -0.05) is 25.0 Å². The topological polar surface area (TPSA) is 70.2 Å². The standard InChI is InChI=1S/C24H31N3O4/c28-22(7-9-27-23(29)19-3-1-2-4-20(19)24(27)30)26-12-10-25(11-13-26)16-17-5-6-21-18(15-17)8-14-31-21/h5-6,15,19-20H,1-4,7-14,16H2/t19-,20+. The molecule has 2 atom stereocenters. The van der Waals surface area contributed by atoms with E-state index in [-0.39, 0.29) is 42.5 Å². The quantitative estimate of drug-likeness (QED) is 0.674. The first-order chi connectivity index (χ1) is 15.1. The van der Waals surface area contributed by atoms with Gasteiger partial charge in [-0.05, 0) is 30.0 Å². The van der Waals surface area contributed by atoms with Gasteiger partial charge in [0, 0.05) is 52.1 Å². The van der Waals surface area contributed by atoms with Gasteiger partial charge in [-0.15, -0.1) is 0 Å². The van der Waals surface area contributed by atoms with Crippen molar-refractivity contribution in [1.82, 2.24) is 14.7 Å². The predicted molar refractivity (Wildman–Crippen MR) is 114 cm³/mol. The summed E-state index contributed by atoms with van der Waals surface area (Å²) < 4.78 is 5.58. The van der Waals surface area contributed by atoms with E-state index < -0.39 is 0 Å². The van der Waals surface area contributed by atoms with Gasteiger partial charge in [-0.3, -0.25) is 24.2 Å². The Labute approximate surface area is 183 Å². The van der Waals surface area contributed by atoms with E-state index in [4.69, 9.17) is 4.74 Å². The van der Waals surface area contributed by atoms with Crippen LogP contribution in [0.15, 0.2) is 18.2 Å². The molecule has 7 nitrogen and oxygen atoms in total. The maximum absolute atomic E-state index is 12.7. The van der Waals surface area contributed by atoms with E-state index in [1.165, 1.54) is 16.0 Å². The molecular weight excluding hydrogens is 394 g/mol. The van der Waals surface area contributed by atoms with Crippen LogP contribution in [0.2, 0.25) is 0 Å². The van der Waals surface area contributed by atoms with E-state index in [1.54, 1.807) is 0 Å². The van der Waals surface area contributed by atoms with Gasteiger partial charge in [-0.2, -0.15) is 0 Å². The summed E-state index contributed by atoms with van der Waals surface area (Å²) in [6, 6.07) is 6.43. The number of carbonyl (C=O) groups excluding carboxylic acids is 3. The highest BCUT2D eigenvalue weighted by Crippen LogP contribution is 2.38. The smallest absolute Gasteiger partial charge is 0.233 e. The Balaban J connectivity index is 1.09. The number of ether oxygens (including phenoxy) is 1. The number of rotatable bonds is 5. The van der Waals surface area contributed by atoms with Crippen molar-refractivity contribution >= 4 is 17.7 Å². The highest BCUT2D eigenvalue weighted by atomic mass is 16.5. The molecule has 166 valence electrons. The number of carbonyl (C=O) groups is 3. The van der Waals surface area contributed by atoms with Gasteiger partial charge in [0.2, 0.25) is 17.7 Å². The lowest BCUT2D eigenvalue weighted by atomic mass is 9.81. The lowest BCUT2D eigenvalue weighted by Gasteiger charge is -2.35. The molecule has 31 heavy (non-hydrogen) atoms. The second-order valence-corrected chi connectivity index (χ2v) is 9.27. The number of nitrogens with zero attached hydrogens (tertiary/aromatic N) is 3. The van der Waals surface area contributed by atoms with Crippen molar-refractivity contribution in [2.75, 3.05) is 39.3 Å². The van der Waals surface area contributed by atoms with Crippen LogP contribution in [0.25, 0.3) is 0 Å². The summed E-state index contributed by atoms with van der Waals surface area (Å²) in [5.74, 6) is 0.689. The normalized spacial score (nSPS) is 26.1. The lowest BCUT2D eigenvalue weighted by molar-refractivity contribution is -0.141. The second kappa shape index (κ2) is 8.61. The third-order valence-corrected chi connectivity index (χ3v) is 7.37. The fourth-order valence-electron chi connectivity index (χ4n) is 5.57. The molecule has 1 aromatic carbocycles. The van der Waals surface area contributed by atoms with Crippen LogP contribution in [-0.2, 0) is 27.3 Å². The summed E-state index contributed by atoms with van der Waals surface area (Å²) in [5.41, 5.74) is 2.58. The molecule has 0 bridgehead atoms. The van der Waals surface area contributed by atoms with Crippen LogP contribution in [0.4, 0.5) is 0 Å². The average Bonchev–Trinajstić information content (AvgIpc) is 3.35. The van der Waals surface area contributed by atoms with Crippen molar-refractivity contribution in [3.8, 4) is 5.75 Å². The summed E-state index contributed by atoms with van der Waals surface area (Å²) in [5, 5.41) is 0. The first-order valence-electron chi connectivity index (χ1n) is 11.7. The highest BCUT2D eigenvalue weighted by molar-refractivity contribution is 6.05. The van der Waals surface area contributed by atoms with Gasteiger partial charge in [0.1, 0.15) is 5.75 Å². The number of likely N-dealkylation sites (tertiary alicyclic amines) is 1. The molecule has 5 rings (SSSR count). The van der Waals surface area contributed by atoms with Crippen LogP contribution in [0.5, 0.6) is 5.75 Å². The third-order valence-electron chi connectivity index (χ3n) is 7.37. The number of benzene rings is 1. The number of fused-ring (bicyclic) bond motifs is 2. The van der Waals surface area contributed by atoms with E-state index >= 15 is 0 Å². The van der Waals surface area contributed by atoms with Crippen LogP contribution < -0.4 is 4.74 Å². The highest BCUT2D eigenvalue weighted by Gasteiger charge is 2.47. The van der Waals surface area contributed by atoms with Gasteiger partial charge >= 0.3 is 0 Å². The molecule has 3 fully saturated rings. The van der Waals surface area contributed by atoms with Crippen LogP contribution in [0.1, 0.15) is 43.2 Å². The fourth-order valence-corrected chi connectivity index (χ4v) is 5.57. The molecular formula is C24H31N3O4. The Bertz CT molecular complexity index is 854. The first kappa shape index (κ1) is 20.5. The van der Waals surface area contributed by atoms with Crippen molar-refractivity contribution in [2.24, 2.45) is 11.8 Å². The van der Waals surface area contributed by atoms with Crippen molar-refractivity contribution < 1.29 is 19.1 Å². The Morgan fingerprint density at radius 2 is 1.71 bits per heavy atom. The van der Waals surface area contributed by atoms with Crippen molar-refractivity contribution in [3.63, 3.8) is 0 Å². The molecule has 0 N–H and O–H groups in total. The zero-order valence-electron chi connectivity index (χ0n) is 18.1. The molecule has 0 radical (unpaired) electrons. The maximum atomic E-state index is 12.7. The van der Waals surface area contributed by atoms with Crippen LogP contribution in [0, 0.1) is 11.8 Å². The Kier molecular flexibility index (Phi) is 5.69. The summed E-state index contributed by atoms with van der Waals surface area (Å²) in [7, 11) is 0. The monoisotopic (exact) mass is 425 g/mol. The van der Waals surface area contributed by atoms with Crippen molar-refractivity contribution in [2.45, 2.75) is 45.1 Å². The van der Waals surface area contributed by atoms with E-state index in [0.29, 0.717) is 13.1 Å². The van der Waals surface area contributed by atoms with Gasteiger partial charge < -0.3 is 9.64 Å². The average molecular weight is 426 g/mol. The molecule has 3 aliphatic heterocycles. The lowest BCUT2D eigenvalue weighted by Crippen LogP contribution is -2.49. The maximum Gasteiger partial charge on any atom is 0.233 e. The molecule has 0 spiro atoms. The van der Waals surface area contributed by atoms with Gasteiger partial charge in [-0.25, -0.2) is 0 Å². The molecule has 0 aromatic heterocycles. The van der Waals surface area contributed by atoms with E-state index in [1.807, 2.05) is 4.90 Å². The minimum atomic E-state index is -0.134. The summed E-state index contributed by atoms with van der Waals surface area (Å²) in [6.45, 7) is 4.96. The SMILES string of the molecule is O=C(CCN1C(=O)[C@H]2CCCC[C@H]2C1=O)N1CCN(Cc2ccc3c(c2)CCO3)CC1. The van der Waals surface area contributed by atoms with E-state index in [2.05, 4.69) is 23.1 Å². The van der Waals surface area contributed by atoms with Crippen LogP contribution >= 0.6 is 0 Å². The van der Waals surface area contributed by atoms with E-state index in [0.717, 1.165) is 64.1 Å². The summed E-state index contributed by atoms with van der Waals surface area (Å²) in [4.78, 5) is 43.5. The zero-order valence-corrected chi connectivity index (χ0v) is 18.1. The van der Waals surface area contributed by atoms with Gasteiger partial charge in [0.15, 0.2) is 0 Å². The molecule has 0 unspecified atom stereocenters. The Hall–Kier alpha value is -2.41. The molecule has 1 aromatic rings. The summed E-state index contributed by atoms with van der Waals surface area (Å²) >= 11 is 0. The third kappa shape index (κ3) is 4.07. The van der Waals surface area contributed by atoms with Crippen molar-refractivity contribution in [3.05, 3.63) is 29.3 Å². The minimum Gasteiger partial charge on any atom is -0.493 e. The number of hydrogen-bond acceptors (Lipinski definition) is 5. The van der Waals surface area contributed by atoms with Crippen LogP contribution in [-0.4, -0.2) is 71.8 Å². The zero-order chi connectivity index (χ0) is 21.4.